The summed E-state index contributed by atoms with van der Waals surface area (Å²) >= 11 is 0. The summed E-state index contributed by atoms with van der Waals surface area (Å²) in [6, 6.07) is 0. The van der Waals surface area contributed by atoms with Crippen LogP contribution in [0.25, 0.3) is 0 Å². The molecule has 0 aliphatic rings. The van der Waals surface area contributed by atoms with Gasteiger partial charge >= 0.3 is 5.97 Å². The molecular weight excluding hydrogens is 358 g/mol. The zero-order valence-electron chi connectivity index (χ0n) is 18.6. The fraction of sp³-hybridized carbons (Fsp3) is 0.870. The van der Waals surface area contributed by atoms with Gasteiger partial charge in [-0.15, -0.1) is 0 Å². The lowest BCUT2D eigenvalue weighted by atomic mass is 10.0. The van der Waals surface area contributed by atoms with Gasteiger partial charge in [0.1, 0.15) is 13.2 Å². The number of ether oxygens (including phenoxy) is 1. The van der Waals surface area contributed by atoms with Crippen LogP contribution in [0.15, 0.2) is 12.2 Å². The molecule has 162 valence electrons. The Morgan fingerprint density at radius 2 is 1.22 bits per heavy atom. The number of unbranched alkanes of at least 4 members (excludes halogenated alkanes) is 13. The lowest BCUT2D eigenvalue weighted by Gasteiger charge is -2.23. The second-order valence-electron chi connectivity index (χ2n) is 8.62. The Balaban J connectivity index is 0. The van der Waals surface area contributed by atoms with E-state index in [0.29, 0.717) is 6.61 Å². The number of carbonyl (C=O) groups excluding carboxylic acids is 1. The number of carbonyl (C=O) groups is 1. The molecule has 0 saturated heterocycles. The van der Waals surface area contributed by atoms with Crippen molar-refractivity contribution in [3.63, 3.8) is 0 Å². The third-order valence-corrected chi connectivity index (χ3v) is 4.73. The Hall–Kier alpha value is -0.540. The number of quaternary nitrogens is 1. The minimum atomic E-state index is -0.201. The van der Waals surface area contributed by atoms with E-state index in [-0.39, 0.29) is 18.4 Å². The molecule has 0 aliphatic heterocycles. The Kier molecular flexibility index (Phi) is 21.4. The van der Waals surface area contributed by atoms with E-state index in [2.05, 4.69) is 28.1 Å². The second kappa shape index (κ2) is 20.2. The molecule has 0 saturated carbocycles. The third kappa shape index (κ3) is 25.5. The molecule has 0 aliphatic carbocycles. The van der Waals surface area contributed by atoms with Gasteiger partial charge in [0.05, 0.1) is 21.1 Å². The summed E-state index contributed by atoms with van der Waals surface area (Å²) in [6.07, 6.45) is 22.4. The molecule has 3 nitrogen and oxygen atoms in total. The monoisotopic (exact) mass is 403 g/mol. The number of allylic oxidation sites excluding steroid dienone is 1. The molecule has 0 rings (SSSR count). The summed E-state index contributed by atoms with van der Waals surface area (Å²) in [5.74, 6) is -0.201. The average molecular weight is 404 g/mol. The predicted molar refractivity (Wildman–Crippen MR) is 113 cm³/mol. The zero-order chi connectivity index (χ0) is 19.5. The van der Waals surface area contributed by atoms with Gasteiger partial charge in [-0.05, 0) is 12.8 Å². The Bertz CT molecular complexity index is 351. The lowest BCUT2D eigenvalue weighted by Crippen LogP contribution is -3.00. The van der Waals surface area contributed by atoms with E-state index in [1.165, 1.54) is 83.5 Å². The maximum absolute atomic E-state index is 11.5. The summed E-state index contributed by atoms with van der Waals surface area (Å²) < 4.78 is 6.01. The van der Waals surface area contributed by atoms with Gasteiger partial charge in [-0.3, -0.25) is 0 Å². The van der Waals surface area contributed by atoms with E-state index in [9.17, 15) is 4.79 Å². The van der Waals surface area contributed by atoms with Crippen LogP contribution in [0.5, 0.6) is 0 Å². The van der Waals surface area contributed by atoms with Crippen LogP contribution in [-0.2, 0) is 9.53 Å². The third-order valence-electron chi connectivity index (χ3n) is 4.73. The highest BCUT2D eigenvalue weighted by atomic mass is 35.5. The van der Waals surface area contributed by atoms with Crippen molar-refractivity contribution in [1.29, 1.82) is 0 Å². The van der Waals surface area contributed by atoms with E-state index < -0.39 is 0 Å². The van der Waals surface area contributed by atoms with Crippen LogP contribution in [-0.4, -0.2) is 44.7 Å². The second-order valence-corrected chi connectivity index (χ2v) is 8.62. The summed E-state index contributed by atoms with van der Waals surface area (Å²) in [6.45, 7) is 3.61. The fourth-order valence-electron chi connectivity index (χ4n) is 2.93. The van der Waals surface area contributed by atoms with Crippen molar-refractivity contribution in [1.82, 2.24) is 0 Å². The van der Waals surface area contributed by atoms with Crippen LogP contribution < -0.4 is 12.4 Å². The van der Waals surface area contributed by atoms with Crippen LogP contribution in [0, 0.1) is 0 Å². The van der Waals surface area contributed by atoms with Crippen LogP contribution >= 0.6 is 0 Å². The van der Waals surface area contributed by atoms with Crippen molar-refractivity contribution < 1.29 is 26.4 Å². The van der Waals surface area contributed by atoms with Gasteiger partial charge in [-0.25, -0.2) is 4.79 Å². The van der Waals surface area contributed by atoms with Gasteiger partial charge in [0.2, 0.25) is 0 Å². The van der Waals surface area contributed by atoms with Gasteiger partial charge in [0, 0.05) is 6.08 Å². The molecule has 0 aromatic heterocycles. The maximum Gasteiger partial charge on any atom is 0.330 e. The van der Waals surface area contributed by atoms with Crippen molar-refractivity contribution in [2.24, 2.45) is 0 Å². The van der Waals surface area contributed by atoms with Crippen LogP contribution in [0.1, 0.15) is 96.8 Å². The number of nitrogens with zero attached hydrogens (tertiary/aromatic N) is 1. The Morgan fingerprint density at radius 1 is 0.778 bits per heavy atom. The first-order chi connectivity index (χ1) is 12.5. The predicted octanol–water partition coefficient (Wildman–Crippen LogP) is 3.28. The standard InChI is InChI=1S/C23H46NO2.ClH/c1-5-6-7-8-9-10-11-12-13-14-15-16-17-18-19-20-23(25)26-22-21-24(2,3)4;/h19-20H,5-18,21-22H2,1-4H3;1H/q+1;/p-1. The highest BCUT2D eigenvalue weighted by Gasteiger charge is 2.07. The molecule has 0 spiro atoms. The minimum absolute atomic E-state index is 0. The number of rotatable bonds is 18. The first-order valence-electron chi connectivity index (χ1n) is 11.1. The lowest BCUT2D eigenvalue weighted by molar-refractivity contribution is -0.870. The molecule has 27 heavy (non-hydrogen) atoms. The molecule has 0 N–H and O–H groups in total. The highest BCUT2D eigenvalue weighted by Crippen LogP contribution is 2.13. The Labute approximate surface area is 175 Å². The highest BCUT2D eigenvalue weighted by molar-refractivity contribution is 5.81. The van der Waals surface area contributed by atoms with Crippen molar-refractivity contribution in [3.8, 4) is 0 Å². The van der Waals surface area contributed by atoms with Crippen molar-refractivity contribution >= 4 is 5.97 Å². The number of hydrogen-bond acceptors (Lipinski definition) is 2. The van der Waals surface area contributed by atoms with Gasteiger partial charge in [0.25, 0.3) is 0 Å². The van der Waals surface area contributed by atoms with Gasteiger partial charge in [0.15, 0.2) is 0 Å². The summed E-state index contributed by atoms with van der Waals surface area (Å²) in [4.78, 5) is 11.5. The average Bonchev–Trinajstić information content (AvgIpc) is 2.57. The summed E-state index contributed by atoms with van der Waals surface area (Å²) in [5, 5.41) is 0. The van der Waals surface area contributed by atoms with E-state index in [4.69, 9.17) is 4.74 Å². The Morgan fingerprint density at radius 3 is 1.67 bits per heavy atom. The normalized spacial score (nSPS) is 11.6. The first-order valence-corrected chi connectivity index (χ1v) is 11.1. The van der Waals surface area contributed by atoms with E-state index in [1.807, 2.05) is 6.08 Å². The SMILES string of the molecule is CCCCCCCCCCCCCCCC=CC(=O)OCC[N+](C)(C)C.[Cl-]. The molecule has 0 aromatic carbocycles. The summed E-state index contributed by atoms with van der Waals surface area (Å²) in [7, 11) is 6.29. The molecule has 0 unspecified atom stereocenters. The summed E-state index contributed by atoms with van der Waals surface area (Å²) in [5.41, 5.74) is 0. The first kappa shape index (κ1) is 28.7. The van der Waals surface area contributed by atoms with Gasteiger partial charge in [-0.1, -0.05) is 90.0 Å². The zero-order valence-corrected chi connectivity index (χ0v) is 19.4. The molecule has 4 heteroatoms. The smallest absolute Gasteiger partial charge is 0.330 e. The van der Waals surface area contributed by atoms with Crippen LogP contribution in [0.2, 0.25) is 0 Å². The number of esters is 1. The van der Waals surface area contributed by atoms with Crippen molar-refractivity contribution in [2.45, 2.75) is 96.8 Å². The fourth-order valence-corrected chi connectivity index (χ4v) is 2.93. The molecule has 0 bridgehead atoms. The van der Waals surface area contributed by atoms with Crippen LogP contribution in [0.3, 0.4) is 0 Å². The molecule has 0 heterocycles. The molecule has 0 atom stereocenters. The molecule has 0 amide bonds. The van der Waals surface area contributed by atoms with Crippen molar-refractivity contribution in [2.75, 3.05) is 34.3 Å². The van der Waals surface area contributed by atoms with E-state index >= 15 is 0 Å². The number of halogens is 1. The molecule has 0 aromatic rings. The maximum atomic E-state index is 11.5. The molecular formula is C23H46ClNO2. The minimum Gasteiger partial charge on any atom is -1.00 e. The molecule has 0 radical (unpaired) electrons. The van der Waals surface area contributed by atoms with E-state index in [0.717, 1.165) is 17.4 Å². The van der Waals surface area contributed by atoms with Gasteiger partial charge in [-0.2, -0.15) is 0 Å². The van der Waals surface area contributed by atoms with E-state index in [1.54, 1.807) is 6.08 Å². The largest absolute Gasteiger partial charge is 1.00 e. The topological polar surface area (TPSA) is 26.3 Å². The quantitative estimate of drug-likeness (QED) is 0.152. The number of hydrogen-bond donors (Lipinski definition) is 0. The van der Waals surface area contributed by atoms with Gasteiger partial charge < -0.3 is 21.6 Å². The molecule has 0 fully saturated rings. The van der Waals surface area contributed by atoms with Crippen molar-refractivity contribution in [3.05, 3.63) is 12.2 Å². The van der Waals surface area contributed by atoms with Crippen LogP contribution in [0.4, 0.5) is 0 Å². The number of likely N-dealkylation sites (N-methyl/N-ethyl adjacent to an activating group) is 1.